The van der Waals surface area contributed by atoms with Gasteiger partial charge in [-0.25, -0.2) is 4.98 Å². The molecule has 4 aromatic rings. The van der Waals surface area contributed by atoms with Gasteiger partial charge in [0.25, 0.3) is 5.91 Å². The highest BCUT2D eigenvalue weighted by atomic mass is 32.2. The van der Waals surface area contributed by atoms with Gasteiger partial charge in [-0.15, -0.1) is 10.2 Å². The number of rotatable bonds is 8. The molecule has 10 heteroatoms. The van der Waals surface area contributed by atoms with Gasteiger partial charge in [-0.1, -0.05) is 60.4 Å². The predicted octanol–water partition coefficient (Wildman–Crippen LogP) is 4.54. The van der Waals surface area contributed by atoms with Gasteiger partial charge in [-0.05, 0) is 36.1 Å². The van der Waals surface area contributed by atoms with Crippen LogP contribution in [-0.2, 0) is 4.79 Å². The number of carbonyl (C=O) groups excluding carboxylic acids is 1. The van der Waals surface area contributed by atoms with E-state index in [-0.39, 0.29) is 12.5 Å². The highest BCUT2D eigenvalue weighted by molar-refractivity contribution is 8.01. The maximum Gasteiger partial charge on any atom is 0.264 e. The Bertz CT molecular complexity index is 1290. The zero-order valence-corrected chi connectivity index (χ0v) is 21.0. The van der Waals surface area contributed by atoms with Crippen LogP contribution in [0.5, 0.6) is 5.75 Å². The molecule has 0 spiro atoms. The Hall–Kier alpha value is -3.37. The number of aromatic nitrogens is 3. The molecule has 0 radical (unpaired) electrons. The molecule has 35 heavy (non-hydrogen) atoms. The van der Waals surface area contributed by atoms with Gasteiger partial charge in [0.15, 0.2) is 10.9 Å². The number of para-hydroxylation sites is 2. The van der Waals surface area contributed by atoms with Crippen molar-refractivity contribution in [2.24, 2.45) is 0 Å². The molecule has 2 aromatic carbocycles. The number of hydrogen-bond donors (Lipinski definition) is 1. The smallest absolute Gasteiger partial charge is 0.264 e. The monoisotopic (exact) mass is 506 g/mol. The zero-order valence-electron chi connectivity index (χ0n) is 19.4. The van der Waals surface area contributed by atoms with E-state index in [1.807, 2.05) is 31.2 Å². The van der Waals surface area contributed by atoms with Gasteiger partial charge in [0.2, 0.25) is 5.13 Å². The van der Waals surface area contributed by atoms with Crippen LogP contribution in [0.25, 0.3) is 10.9 Å². The molecule has 1 amide bonds. The van der Waals surface area contributed by atoms with Crippen molar-refractivity contribution in [3.63, 3.8) is 0 Å². The van der Waals surface area contributed by atoms with Crippen LogP contribution in [0.2, 0.25) is 0 Å². The first-order chi connectivity index (χ1) is 17.2. The van der Waals surface area contributed by atoms with Crippen molar-refractivity contribution in [1.29, 1.82) is 0 Å². The molecule has 3 heterocycles. The summed E-state index contributed by atoms with van der Waals surface area (Å²) in [5.74, 6) is 2.13. The minimum Gasteiger partial charge on any atom is -0.481 e. The Balaban J connectivity index is 1.24. The lowest BCUT2D eigenvalue weighted by Crippen LogP contribution is -2.46. The van der Waals surface area contributed by atoms with Crippen molar-refractivity contribution in [2.75, 3.05) is 53.7 Å². The molecule has 0 bridgehead atoms. The second-order valence-corrected chi connectivity index (χ2v) is 10.4. The van der Waals surface area contributed by atoms with E-state index in [0.717, 1.165) is 53.0 Å². The molecule has 180 valence electrons. The molecule has 1 fully saturated rings. The molecule has 0 unspecified atom stereocenters. The summed E-state index contributed by atoms with van der Waals surface area (Å²) in [4.78, 5) is 22.0. The van der Waals surface area contributed by atoms with E-state index < -0.39 is 0 Å². The fraction of sp³-hybridized carbons (Fsp3) is 0.280. The molecule has 1 saturated heterocycles. The normalized spacial score (nSPS) is 13.7. The van der Waals surface area contributed by atoms with E-state index in [2.05, 4.69) is 61.7 Å². The van der Waals surface area contributed by atoms with Crippen molar-refractivity contribution in [3.8, 4) is 5.75 Å². The first kappa shape index (κ1) is 23.4. The number of benzene rings is 2. The SMILES string of the molecule is CCSc1nnc(NC(=O)COc2cccc3ccc(N4CCN(c5ccccc5)CC4)nc23)s1. The standard InChI is InChI=1S/C25H26N6O2S2/c1-2-34-25-29-28-24(35-25)27-22(32)17-33-20-10-6-7-18-11-12-21(26-23(18)20)31-15-13-30(14-16-31)19-8-4-3-5-9-19/h3-12H,2,13-17H2,1H3,(H,27,28,32). The van der Waals surface area contributed by atoms with Crippen LogP contribution in [0.4, 0.5) is 16.6 Å². The van der Waals surface area contributed by atoms with Crippen LogP contribution in [0.1, 0.15) is 6.92 Å². The highest BCUT2D eigenvalue weighted by Crippen LogP contribution is 2.28. The third-order valence-electron chi connectivity index (χ3n) is 5.67. The van der Waals surface area contributed by atoms with E-state index in [4.69, 9.17) is 9.72 Å². The topological polar surface area (TPSA) is 83.5 Å². The maximum atomic E-state index is 12.4. The second-order valence-electron chi connectivity index (χ2n) is 7.95. The highest BCUT2D eigenvalue weighted by Gasteiger charge is 2.19. The molecule has 0 atom stereocenters. The number of pyridine rings is 1. The van der Waals surface area contributed by atoms with Crippen LogP contribution in [-0.4, -0.2) is 59.6 Å². The van der Waals surface area contributed by atoms with Crippen molar-refractivity contribution in [3.05, 3.63) is 60.7 Å². The van der Waals surface area contributed by atoms with E-state index in [1.54, 1.807) is 11.8 Å². The fourth-order valence-corrected chi connectivity index (χ4v) is 5.64. The number of hydrogen-bond acceptors (Lipinski definition) is 9. The van der Waals surface area contributed by atoms with E-state index in [9.17, 15) is 4.79 Å². The van der Waals surface area contributed by atoms with Gasteiger partial charge in [0.1, 0.15) is 17.1 Å². The average Bonchev–Trinajstić information content (AvgIpc) is 3.34. The van der Waals surface area contributed by atoms with Crippen LogP contribution in [0.3, 0.4) is 0 Å². The number of carbonyl (C=O) groups is 1. The average molecular weight is 507 g/mol. The third-order valence-corrected chi connectivity index (χ3v) is 7.53. The minimum absolute atomic E-state index is 0.128. The number of piperazine rings is 1. The number of fused-ring (bicyclic) bond motifs is 1. The van der Waals surface area contributed by atoms with Crippen molar-refractivity contribution in [1.82, 2.24) is 15.2 Å². The minimum atomic E-state index is -0.278. The van der Waals surface area contributed by atoms with Gasteiger partial charge in [0, 0.05) is 37.3 Å². The van der Waals surface area contributed by atoms with E-state index >= 15 is 0 Å². The molecule has 8 nitrogen and oxygen atoms in total. The second kappa shape index (κ2) is 10.9. The quantitative estimate of drug-likeness (QED) is 0.275. The number of nitrogens with one attached hydrogen (secondary N) is 1. The molecule has 1 N–H and O–H groups in total. The molecule has 1 aliphatic rings. The molecule has 5 rings (SSSR count). The van der Waals surface area contributed by atoms with Gasteiger partial charge in [-0.2, -0.15) is 0 Å². The zero-order chi connectivity index (χ0) is 24.0. The maximum absolute atomic E-state index is 12.4. The van der Waals surface area contributed by atoms with Crippen LogP contribution in [0, 0.1) is 0 Å². The summed E-state index contributed by atoms with van der Waals surface area (Å²) in [7, 11) is 0. The van der Waals surface area contributed by atoms with Crippen LogP contribution in [0.15, 0.2) is 65.0 Å². The van der Waals surface area contributed by atoms with Crippen LogP contribution >= 0.6 is 23.1 Å². The summed E-state index contributed by atoms with van der Waals surface area (Å²) < 4.78 is 6.71. The van der Waals surface area contributed by atoms with E-state index in [0.29, 0.717) is 10.9 Å². The summed E-state index contributed by atoms with van der Waals surface area (Å²) >= 11 is 2.95. The first-order valence-corrected chi connectivity index (χ1v) is 13.3. The Morgan fingerprint density at radius 3 is 2.60 bits per heavy atom. The molecule has 0 aliphatic carbocycles. The largest absolute Gasteiger partial charge is 0.481 e. The summed E-state index contributed by atoms with van der Waals surface area (Å²) in [5, 5.41) is 12.3. The third kappa shape index (κ3) is 5.66. The number of anilines is 3. The van der Waals surface area contributed by atoms with Crippen molar-refractivity contribution < 1.29 is 9.53 Å². The lowest BCUT2D eigenvalue weighted by molar-refractivity contribution is -0.118. The molecular formula is C25H26N6O2S2. The number of amides is 1. The van der Waals surface area contributed by atoms with E-state index in [1.165, 1.54) is 17.0 Å². The predicted molar refractivity (Wildman–Crippen MR) is 143 cm³/mol. The molecule has 1 aliphatic heterocycles. The first-order valence-electron chi connectivity index (χ1n) is 11.5. The van der Waals surface area contributed by atoms with Crippen molar-refractivity contribution >= 4 is 56.5 Å². The van der Waals surface area contributed by atoms with Gasteiger partial charge >= 0.3 is 0 Å². The lowest BCUT2D eigenvalue weighted by atomic mass is 10.2. The van der Waals surface area contributed by atoms with Crippen LogP contribution < -0.4 is 19.9 Å². The summed E-state index contributed by atoms with van der Waals surface area (Å²) in [6.07, 6.45) is 0. The molecule has 2 aromatic heterocycles. The number of nitrogens with zero attached hydrogens (tertiary/aromatic N) is 5. The Labute approximate surface area is 212 Å². The Kier molecular flexibility index (Phi) is 7.29. The summed E-state index contributed by atoms with van der Waals surface area (Å²) in [5.41, 5.74) is 2.00. The van der Waals surface area contributed by atoms with Crippen molar-refractivity contribution in [2.45, 2.75) is 11.3 Å². The fourth-order valence-electron chi connectivity index (χ4n) is 3.98. The molecule has 0 saturated carbocycles. The van der Waals surface area contributed by atoms with Gasteiger partial charge in [-0.3, -0.25) is 10.1 Å². The number of thioether (sulfide) groups is 1. The Morgan fingerprint density at radius 2 is 1.80 bits per heavy atom. The summed E-state index contributed by atoms with van der Waals surface area (Å²) in [6.45, 7) is 5.57. The molecular weight excluding hydrogens is 480 g/mol. The van der Waals surface area contributed by atoms with Gasteiger partial charge in [0.05, 0.1) is 0 Å². The summed E-state index contributed by atoms with van der Waals surface area (Å²) in [6, 6.07) is 20.4. The Morgan fingerprint density at radius 1 is 1.00 bits per heavy atom. The number of ether oxygens (including phenoxy) is 1. The lowest BCUT2D eigenvalue weighted by Gasteiger charge is -2.36. The van der Waals surface area contributed by atoms with Gasteiger partial charge < -0.3 is 14.5 Å².